The maximum absolute atomic E-state index is 12.8. The number of thioether (sulfide) groups is 1. The molecule has 0 aromatic heterocycles. The van der Waals surface area contributed by atoms with E-state index in [1.165, 1.54) is 6.08 Å². The molecule has 0 atom stereocenters. The Kier molecular flexibility index (Phi) is 8.72. The quantitative estimate of drug-likeness (QED) is 0.281. The minimum Gasteiger partial charge on any atom is -0.486 e. The van der Waals surface area contributed by atoms with E-state index in [1.807, 2.05) is 13.0 Å². The molecule has 190 valence electrons. The largest absolute Gasteiger partial charge is 0.486 e. The van der Waals surface area contributed by atoms with E-state index < -0.39 is 23.6 Å². The van der Waals surface area contributed by atoms with Gasteiger partial charge in [0.25, 0.3) is 11.1 Å². The molecule has 11 heteroatoms. The summed E-state index contributed by atoms with van der Waals surface area (Å²) >= 11 is 25.5. The van der Waals surface area contributed by atoms with Gasteiger partial charge < -0.3 is 10.1 Å². The fourth-order valence-corrected chi connectivity index (χ4v) is 5.21. The highest BCUT2D eigenvalue weighted by Crippen LogP contribution is 2.38. The monoisotopic (exact) mass is 594 g/mol. The average molecular weight is 596 g/mol. The Morgan fingerprint density at radius 1 is 0.973 bits per heavy atom. The third-order valence-corrected chi connectivity index (χ3v) is 7.37. The number of nitrogens with one attached hydrogen (secondary N) is 1. The second-order valence-electron chi connectivity index (χ2n) is 8.04. The van der Waals surface area contributed by atoms with E-state index in [-0.39, 0.29) is 27.3 Å². The average Bonchev–Trinajstić information content (AvgIpc) is 3.08. The molecular weight excluding hydrogens is 578 g/mol. The standard InChI is InChI=1S/C26H18Cl4N2O4S/c1-14-3-2-4-17(7-14)31-23(33)12-32-25(34)22(37-26(32)35)11-16-9-20(29)24(21(30)10-16)36-13-15-5-6-18(27)19(28)8-15/h2-11H,12-13H2,1H3,(H,31,33)/b22-11-. The molecule has 0 unspecified atom stereocenters. The Morgan fingerprint density at radius 3 is 2.38 bits per heavy atom. The first-order valence-electron chi connectivity index (χ1n) is 10.8. The first-order valence-corrected chi connectivity index (χ1v) is 13.1. The Labute approximate surface area is 237 Å². The molecule has 0 bridgehead atoms. The highest BCUT2D eigenvalue weighted by molar-refractivity contribution is 8.18. The van der Waals surface area contributed by atoms with Crippen molar-refractivity contribution in [3.8, 4) is 5.75 Å². The molecule has 3 aromatic carbocycles. The van der Waals surface area contributed by atoms with E-state index in [9.17, 15) is 14.4 Å². The van der Waals surface area contributed by atoms with Crippen molar-refractivity contribution in [1.82, 2.24) is 4.90 Å². The predicted molar refractivity (Wildman–Crippen MR) is 150 cm³/mol. The van der Waals surface area contributed by atoms with E-state index >= 15 is 0 Å². The van der Waals surface area contributed by atoms with Crippen molar-refractivity contribution in [1.29, 1.82) is 0 Å². The number of nitrogens with zero attached hydrogens (tertiary/aromatic N) is 1. The number of rotatable bonds is 7. The van der Waals surface area contributed by atoms with Crippen molar-refractivity contribution in [2.24, 2.45) is 0 Å². The molecule has 6 nitrogen and oxygen atoms in total. The van der Waals surface area contributed by atoms with E-state index in [0.717, 1.165) is 27.8 Å². The fraction of sp³-hybridized carbons (Fsp3) is 0.115. The van der Waals surface area contributed by atoms with E-state index in [2.05, 4.69) is 5.32 Å². The van der Waals surface area contributed by atoms with Gasteiger partial charge in [-0.2, -0.15) is 0 Å². The Morgan fingerprint density at radius 2 is 1.70 bits per heavy atom. The number of hydrogen-bond donors (Lipinski definition) is 1. The van der Waals surface area contributed by atoms with Gasteiger partial charge in [-0.3, -0.25) is 19.3 Å². The molecule has 1 saturated heterocycles. The number of benzene rings is 3. The molecule has 0 saturated carbocycles. The first-order chi connectivity index (χ1) is 17.6. The van der Waals surface area contributed by atoms with Crippen LogP contribution in [-0.4, -0.2) is 28.5 Å². The molecule has 0 radical (unpaired) electrons. The highest BCUT2D eigenvalue weighted by atomic mass is 35.5. The Balaban J connectivity index is 1.44. The molecule has 3 aromatic rings. The van der Waals surface area contributed by atoms with Gasteiger partial charge in [-0.25, -0.2) is 0 Å². The third kappa shape index (κ3) is 6.80. The van der Waals surface area contributed by atoms with Gasteiger partial charge in [0.2, 0.25) is 5.91 Å². The zero-order valence-electron chi connectivity index (χ0n) is 19.2. The van der Waals surface area contributed by atoms with Crippen molar-refractivity contribution >= 4 is 87.0 Å². The van der Waals surface area contributed by atoms with Crippen LogP contribution in [0.5, 0.6) is 5.75 Å². The lowest BCUT2D eigenvalue weighted by atomic mass is 10.2. The van der Waals surface area contributed by atoms with Gasteiger partial charge in [0.1, 0.15) is 13.2 Å². The van der Waals surface area contributed by atoms with Gasteiger partial charge in [0, 0.05) is 5.69 Å². The highest BCUT2D eigenvalue weighted by Gasteiger charge is 2.36. The molecule has 0 aliphatic carbocycles. The number of carbonyl (C=O) groups excluding carboxylic acids is 3. The minimum atomic E-state index is -0.582. The molecule has 1 fully saturated rings. The van der Waals surface area contributed by atoms with Gasteiger partial charge in [-0.05, 0) is 77.9 Å². The SMILES string of the molecule is Cc1cccc(NC(=O)CN2C(=O)S/C(=C\c3cc(Cl)c(OCc4ccc(Cl)c(Cl)c4)c(Cl)c3)C2=O)c1. The summed E-state index contributed by atoms with van der Waals surface area (Å²) < 4.78 is 5.76. The fourth-order valence-electron chi connectivity index (χ4n) is 3.44. The van der Waals surface area contributed by atoms with Crippen molar-refractivity contribution in [2.45, 2.75) is 13.5 Å². The summed E-state index contributed by atoms with van der Waals surface area (Å²) in [5.41, 5.74) is 2.81. The van der Waals surface area contributed by atoms with Gasteiger partial charge in [0.05, 0.1) is 25.0 Å². The molecule has 1 aliphatic heterocycles. The van der Waals surface area contributed by atoms with Crippen LogP contribution in [0.25, 0.3) is 6.08 Å². The summed E-state index contributed by atoms with van der Waals surface area (Å²) in [6.07, 6.45) is 1.49. The molecule has 3 amide bonds. The van der Waals surface area contributed by atoms with Crippen molar-refractivity contribution in [3.63, 3.8) is 0 Å². The molecule has 0 spiro atoms. The smallest absolute Gasteiger partial charge is 0.294 e. The van der Waals surface area contributed by atoms with Crippen LogP contribution in [0, 0.1) is 6.92 Å². The zero-order valence-corrected chi connectivity index (χ0v) is 23.0. The van der Waals surface area contributed by atoms with Crippen LogP contribution < -0.4 is 10.1 Å². The number of amides is 3. The lowest BCUT2D eigenvalue weighted by Gasteiger charge is -2.13. The minimum absolute atomic E-state index is 0.143. The van der Waals surface area contributed by atoms with Gasteiger partial charge in [-0.15, -0.1) is 0 Å². The molecule has 1 N–H and O–H groups in total. The summed E-state index contributed by atoms with van der Waals surface area (Å²) in [5.74, 6) is -0.808. The number of halogens is 4. The van der Waals surface area contributed by atoms with E-state index in [4.69, 9.17) is 51.1 Å². The van der Waals surface area contributed by atoms with Crippen molar-refractivity contribution in [3.05, 3.63) is 96.3 Å². The van der Waals surface area contributed by atoms with Crippen LogP contribution in [0.3, 0.4) is 0 Å². The summed E-state index contributed by atoms with van der Waals surface area (Å²) in [4.78, 5) is 38.7. The van der Waals surface area contributed by atoms with E-state index in [0.29, 0.717) is 21.3 Å². The summed E-state index contributed by atoms with van der Waals surface area (Å²) in [6.45, 7) is 1.64. The Bertz CT molecular complexity index is 1420. The van der Waals surface area contributed by atoms with Crippen molar-refractivity contribution in [2.75, 3.05) is 11.9 Å². The molecule has 37 heavy (non-hydrogen) atoms. The molecule has 1 aliphatic rings. The zero-order chi connectivity index (χ0) is 26.7. The van der Waals surface area contributed by atoms with Crippen LogP contribution in [0.1, 0.15) is 16.7 Å². The summed E-state index contributed by atoms with van der Waals surface area (Å²) in [7, 11) is 0. The normalized spacial score (nSPS) is 14.4. The maximum Gasteiger partial charge on any atom is 0.294 e. The van der Waals surface area contributed by atoms with Crippen LogP contribution in [-0.2, 0) is 16.2 Å². The topological polar surface area (TPSA) is 75.7 Å². The lowest BCUT2D eigenvalue weighted by molar-refractivity contribution is -0.127. The number of hydrogen-bond acceptors (Lipinski definition) is 5. The molecular formula is C26H18Cl4N2O4S. The number of carbonyl (C=O) groups is 3. The van der Waals surface area contributed by atoms with E-state index in [1.54, 1.807) is 48.5 Å². The summed E-state index contributed by atoms with van der Waals surface area (Å²) in [6, 6.07) is 15.4. The second-order valence-corrected chi connectivity index (χ2v) is 10.7. The van der Waals surface area contributed by atoms with Crippen LogP contribution >= 0.6 is 58.2 Å². The number of imide groups is 1. The predicted octanol–water partition coefficient (Wildman–Crippen LogP) is 7.86. The number of ether oxygens (including phenoxy) is 1. The first kappa shape index (κ1) is 27.4. The molecule has 4 rings (SSSR count). The lowest BCUT2D eigenvalue weighted by Crippen LogP contribution is -2.36. The van der Waals surface area contributed by atoms with Gasteiger partial charge in [-0.1, -0.05) is 64.6 Å². The number of aryl methyl sites for hydroxylation is 1. The van der Waals surface area contributed by atoms with Gasteiger partial charge >= 0.3 is 0 Å². The third-order valence-electron chi connectivity index (χ3n) is 5.16. The van der Waals surface area contributed by atoms with Crippen LogP contribution in [0.4, 0.5) is 10.5 Å². The Hall–Kier alpha value is -2.68. The van der Waals surface area contributed by atoms with Crippen molar-refractivity contribution < 1.29 is 19.1 Å². The molecule has 1 heterocycles. The maximum atomic E-state index is 12.8. The second kappa shape index (κ2) is 11.8. The van der Waals surface area contributed by atoms with Gasteiger partial charge in [0.15, 0.2) is 5.75 Å². The number of anilines is 1. The van der Waals surface area contributed by atoms with Crippen LogP contribution in [0.2, 0.25) is 20.1 Å². The van der Waals surface area contributed by atoms with Crippen LogP contribution in [0.15, 0.2) is 59.5 Å². The summed E-state index contributed by atoms with van der Waals surface area (Å²) in [5, 5.41) is 3.41.